The van der Waals surface area contributed by atoms with E-state index in [9.17, 15) is 13.2 Å². The fraction of sp³-hybridized carbons (Fsp3) is 0.417. The topological polar surface area (TPSA) is 81.0 Å². The van der Waals surface area contributed by atoms with Gasteiger partial charge in [-0.15, -0.1) is 0 Å². The molecule has 1 atom stereocenters. The molecule has 0 N–H and O–H groups in total. The Morgan fingerprint density at radius 1 is 1.21 bits per heavy atom. The van der Waals surface area contributed by atoms with E-state index in [1.165, 1.54) is 45.5 Å². The lowest BCUT2D eigenvalue weighted by Crippen LogP contribution is -2.40. The number of nitrogens with zero attached hydrogens (tertiary/aromatic N) is 3. The summed E-state index contributed by atoms with van der Waals surface area (Å²) in [7, 11) is -3.84. The molecule has 1 amide bonds. The Bertz CT molecular complexity index is 1380. The summed E-state index contributed by atoms with van der Waals surface area (Å²) in [6, 6.07) is 9.38. The van der Waals surface area contributed by atoms with Crippen LogP contribution in [0.25, 0.3) is 10.2 Å². The van der Waals surface area contributed by atoms with E-state index in [1.807, 2.05) is 11.5 Å². The van der Waals surface area contributed by atoms with E-state index < -0.39 is 22.0 Å². The molecule has 0 spiro atoms. The number of ether oxygens (including phenoxy) is 1. The molecule has 0 aliphatic carbocycles. The van der Waals surface area contributed by atoms with Crippen LogP contribution in [0.3, 0.4) is 0 Å². The molecule has 34 heavy (non-hydrogen) atoms. The number of fused-ring (bicyclic) bond motifs is 1. The highest BCUT2D eigenvalue weighted by Gasteiger charge is 2.39. The third kappa shape index (κ3) is 4.99. The summed E-state index contributed by atoms with van der Waals surface area (Å²) in [5.41, 5.74) is 3.32. The summed E-state index contributed by atoms with van der Waals surface area (Å²) in [5, 5.41) is 0.454. The first-order valence-electron chi connectivity index (χ1n) is 11.3. The predicted octanol–water partition coefficient (Wildman–Crippen LogP) is 4.29. The van der Waals surface area contributed by atoms with Crippen molar-refractivity contribution in [1.82, 2.24) is 8.87 Å². The van der Waals surface area contributed by atoms with Gasteiger partial charge in [0, 0.05) is 24.7 Å². The summed E-state index contributed by atoms with van der Waals surface area (Å²) in [5.74, 6) is -0.444. The number of rotatable bonds is 7. The molecule has 1 fully saturated rings. The van der Waals surface area contributed by atoms with Crippen LogP contribution in [-0.4, -0.2) is 49.0 Å². The quantitative estimate of drug-likeness (QED) is 0.434. The Labute approximate surface area is 208 Å². The molecule has 1 saturated heterocycles. The van der Waals surface area contributed by atoms with Gasteiger partial charge in [-0.1, -0.05) is 22.9 Å². The SMILES string of the molecule is CCOCCn1c(=NC(=O)C2CCCN2S(=O)(=O)c2ccc(Cl)cc2)sc2cc(C)c(C)cc21. The second-order valence-corrected chi connectivity index (χ2v) is 11.7. The molecule has 1 aliphatic rings. The number of aromatic nitrogens is 1. The fourth-order valence-electron chi connectivity index (χ4n) is 4.11. The molecule has 10 heteroatoms. The number of aryl methyl sites for hydroxylation is 2. The summed E-state index contributed by atoms with van der Waals surface area (Å²) in [6.07, 6.45) is 1.05. The zero-order chi connectivity index (χ0) is 24.5. The third-order valence-electron chi connectivity index (χ3n) is 6.08. The number of carbonyl (C=O) groups is 1. The molecule has 3 aromatic rings. The molecule has 1 aromatic heterocycles. The number of hydrogen-bond acceptors (Lipinski definition) is 5. The number of carbonyl (C=O) groups excluding carboxylic acids is 1. The van der Waals surface area contributed by atoms with Crippen molar-refractivity contribution in [1.29, 1.82) is 0 Å². The van der Waals surface area contributed by atoms with E-state index in [0.29, 0.717) is 42.4 Å². The van der Waals surface area contributed by atoms with Crippen LogP contribution in [-0.2, 0) is 26.1 Å². The number of halogens is 1. The van der Waals surface area contributed by atoms with Gasteiger partial charge < -0.3 is 9.30 Å². The van der Waals surface area contributed by atoms with E-state index in [4.69, 9.17) is 16.3 Å². The molecule has 182 valence electrons. The van der Waals surface area contributed by atoms with Crippen LogP contribution in [0, 0.1) is 13.8 Å². The minimum atomic E-state index is -3.84. The normalized spacial score (nSPS) is 17.6. The lowest BCUT2D eigenvalue weighted by molar-refractivity contribution is -0.121. The maximum absolute atomic E-state index is 13.3. The number of benzene rings is 2. The average molecular weight is 522 g/mol. The van der Waals surface area contributed by atoms with Crippen LogP contribution in [0.1, 0.15) is 30.9 Å². The van der Waals surface area contributed by atoms with Gasteiger partial charge in [0.2, 0.25) is 10.0 Å². The van der Waals surface area contributed by atoms with E-state index in [-0.39, 0.29) is 11.4 Å². The Morgan fingerprint density at radius 3 is 2.62 bits per heavy atom. The number of sulfonamides is 1. The lowest BCUT2D eigenvalue weighted by atomic mass is 10.1. The van der Waals surface area contributed by atoms with Crippen molar-refractivity contribution in [3.63, 3.8) is 0 Å². The molecule has 0 saturated carbocycles. The monoisotopic (exact) mass is 521 g/mol. The maximum Gasteiger partial charge on any atom is 0.266 e. The molecular formula is C24H28ClN3O4S2. The Balaban J connectivity index is 1.71. The van der Waals surface area contributed by atoms with Crippen LogP contribution >= 0.6 is 22.9 Å². The van der Waals surface area contributed by atoms with Crippen molar-refractivity contribution < 1.29 is 17.9 Å². The summed E-state index contributed by atoms with van der Waals surface area (Å²) >= 11 is 7.35. The second-order valence-electron chi connectivity index (χ2n) is 8.32. The molecule has 0 bridgehead atoms. The minimum absolute atomic E-state index is 0.121. The second kappa shape index (κ2) is 10.3. The Hall–Kier alpha value is -2.04. The zero-order valence-corrected chi connectivity index (χ0v) is 21.8. The van der Waals surface area contributed by atoms with Gasteiger partial charge in [-0.3, -0.25) is 4.79 Å². The first-order chi connectivity index (χ1) is 16.2. The first kappa shape index (κ1) is 25.1. The van der Waals surface area contributed by atoms with Gasteiger partial charge in [0.1, 0.15) is 6.04 Å². The van der Waals surface area contributed by atoms with Crippen LogP contribution in [0.5, 0.6) is 0 Å². The number of amides is 1. The third-order valence-corrected chi connectivity index (χ3v) is 9.29. The predicted molar refractivity (Wildman–Crippen MR) is 135 cm³/mol. The standard InChI is InChI=1S/C24H28ClN3O4S2/c1-4-32-13-12-27-21-14-16(2)17(3)15-22(21)33-24(27)26-23(29)20-6-5-11-28(20)34(30,31)19-9-7-18(25)8-10-19/h7-10,14-15,20H,4-6,11-13H2,1-3H3. The van der Waals surface area contributed by atoms with Crippen molar-refractivity contribution in [2.24, 2.45) is 4.99 Å². The molecule has 2 aromatic carbocycles. The van der Waals surface area contributed by atoms with E-state index in [1.54, 1.807) is 0 Å². The first-order valence-corrected chi connectivity index (χ1v) is 13.9. The lowest BCUT2D eigenvalue weighted by Gasteiger charge is -2.21. The largest absolute Gasteiger partial charge is 0.380 e. The minimum Gasteiger partial charge on any atom is -0.380 e. The van der Waals surface area contributed by atoms with Crippen molar-refractivity contribution in [2.45, 2.75) is 51.1 Å². The molecule has 2 heterocycles. The molecule has 7 nitrogen and oxygen atoms in total. The van der Waals surface area contributed by atoms with E-state index >= 15 is 0 Å². The molecule has 1 unspecified atom stereocenters. The van der Waals surface area contributed by atoms with Crippen molar-refractivity contribution >= 4 is 49.1 Å². The van der Waals surface area contributed by atoms with Crippen molar-refractivity contribution in [3.8, 4) is 0 Å². The van der Waals surface area contributed by atoms with Gasteiger partial charge in [0.05, 0.1) is 21.7 Å². The summed E-state index contributed by atoms with van der Waals surface area (Å²) in [6.45, 7) is 7.99. The smallest absolute Gasteiger partial charge is 0.266 e. The molecular weight excluding hydrogens is 494 g/mol. The highest BCUT2D eigenvalue weighted by Crippen LogP contribution is 2.28. The van der Waals surface area contributed by atoms with Gasteiger partial charge in [-0.2, -0.15) is 9.30 Å². The molecule has 1 aliphatic heterocycles. The zero-order valence-electron chi connectivity index (χ0n) is 19.5. The van der Waals surface area contributed by atoms with Gasteiger partial charge in [0.25, 0.3) is 5.91 Å². The van der Waals surface area contributed by atoms with Crippen molar-refractivity contribution in [3.05, 3.63) is 57.3 Å². The van der Waals surface area contributed by atoms with E-state index in [2.05, 4.69) is 31.0 Å². The Morgan fingerprint density at radius 2 is 1.91 bits per heavy atom. The summed E-state index contributed by atoms with van der Waals surface area (Å²) < 4.78 is 36.3. The van der Waals surface area contributed by atoms with Crippen LogP contribution in [0.4, 0.5) is 0 Å². The average Bonchev–Trinajstić information content (AvgIpc) is 3.41. The molecule has 4 rings (SSSR count). The number of hydrogen-bond donors (Lipinski definition) is 0. The number of thiazole rings is 1. The summed E-state index contributed by atoms with van der Waals surface area (Å²) in [4.78, 5) is 18.4. The van der Waals surface area contributed by atoms with Crippen LogP contribution in [0.15, 0.2) is 46.3 Å². The van der Waals surface area contributed by atoms with Gasteiger partial charge in [-0.25, -0.2) is 8.42 Å². The highest BCUT2D eigenvalue weighted by atomic mass is 35.5. The maximum atomic E-state index is 13.3. The molecule has 0 radical (unpaired) electrons. The fourth-order valence-corrected chi connectivity index (χ4v) is 7.03. The van der Waals surface area contributed by atoms with Crippen LogP contribution < -0.4 is 4.80 Å². The van der Waals surface area contributed by atoms with Crippen molar-refractivity contribution in [2.75, 3.05) is 19.8 Å². The Kier molecular flexibility index (Phi) is 7.59. The van der Waals surface area contributed by atoms with Crippen LogP contribution in [0.2, 0.25) is 5.02 Å². The van der Waals surface area contributed by atoms with E-state index in [0.717, 1.165) is 15.8 Å². The van der Waals surface area contributed by atoms with Gasteiger partial charge in [-0.05, 0) is 81.1 Å². The van der Waals surface area contributed by atoms with Gasteiger partial charge >= 0.3 is 0 Å². The highest BCUT2D eigenvalue weighted by molar-refractivity contribution is 7.89. The van der Waals surface area contributed by atoms with Gasteiger partial charge in [0.15, 0.2) is 4.80 Å².